The highest BCUT2D eigenvalue weighted by Crippen LogP contribution is 2.39. The first-order valence-corrected chi connectivity index (χ1v) is 7.39. The van der Waals surface area contributed by atoms with Gasteiger partial charge >= 0.3 is 6.03 Å². The zero-order valence-corrected chi connectivity index (χ0v) is 12.7. The van der Waals surface area contributed by atoms with Crippen LogP contribution in [0.25, 0.3) is 0 Å². The molecule has 0 aromatic carbocycles. The number of urea groups is 1. The fourth-order valence-electron chi connectivity index (χ4n) is 2.87. The van der Waals surface area contributed by atoms with Gasteiger partial charge in [-0.3, -0.25) is 0 Å². The lowest BCUT2D eigenvalue weighted by atomic mass is 9.69. The topological polar surface area (TPSA) is 41.1 Å². The van der Waals surface area contributed by atoms with Gasteiger partial charge in [-0.25, -0.2) is 4.79 Å². The molecule has 0 radical (unpaired) electrons. The Morgan fingerprint density at radius 3 is 2.22 bits per heavy atom. The van der Waals surface area contributed by atoms with Crippen LogP contribution in [0.3, 0.4) is 0 Å². The summed E-state index contributed by atoms with van der Waals surface area (Å²) in [6.07, 6.45) is 4.75. The van der Waals surface area contributed by atoms with E-state index >= 15 is 0 Å². The highest BCUT2D eigenvalue weighted by atomic mass is 16.2. The third-order valence-electron chi connectivity index (χ3n) is 4.52. The first kappa shape index (κ1) is 15.3. The normalized spacial score (nSPS) is 26.5. The molecule has 0 spiro atoms. The van der Waals surface area contributed by atoms with Crippen molar-refractivity contribution in [1.82, 2.24) is 10.6 Å². The highest BCUT2D eigenvalue weighted by molar-refractivity contribution is 5.74. The molecule has 3 heteroatoms. The van der Waals surface area contributed by atoms with Gasteiger partial charge in [0.1, 0.15) is 0 Å². The van der Waals surface area contributed by atoms with Crippen molar-refractivity contribution in [1.29, 1.82) is 0 Å². The Labute approximate surface area is 112 Å². The Balaban J connectivity index is 2.35. The van der Waals surface area contributed by atoms with Gasteiger partial charge in [0.05, 0.1) is 0 Å². The lowest BCUT2D eigenvalue weighted by Crippen LogP contribution is -2.44. The van der Waals surface area contributed by atoms with E-state index in [2.05, 4.69) is 38.3 Å². The van der Waals surface area contributed by atoms with Crippen LogP contribution in [0.5, 0.6) is 0 Å². The standard InChI is InChI=1S/C15H30N2O/c1-6-16-14(18)17-13-9-7-12(8-10-13)11(2)15(3,4)5/h11-13H,6-10H2,1-5H3,(H2,16,17,18)/t11?,12-,13-. The summed E-state index contributed by atoms with van der Waals surface area (Å²) in [4.78, 5) is 11.5. The van der Waals surface area contributed by atoms with E-state index in [1.165, 1.54) is 12.8 Å². The van der Waals surface area contributed by atoms with Crippen LogP contribution in [0.2, 0.25) is 0 Å². The Hall–Kier alpha value is -0.730. The van der Waals surface area contributed by atoms with Gasteiger partial charge in [-0.1, -0.05) is 27.7 Å². The van der Waals surface area contributed by atoms with Crippen LogP contribution in [-0.4, -0.2) is 18.6 Å². The summed E-state index contributed by atoms with van der Waals surface area (Å²) >= 11 is 0. The van der Waals surface area contributed by atoms with E-state index in [4.69, 9.17) is 0 Å². The van der Waals surface area contributed by atoms with Gasteiger partial charge in [0.2, 0.25) is 0 Å². The summed E-state index contributed by atoms with van der Waals surface area (Å²) in [5.41, 5.74) is 0.393. The third kappa shape index (κ3) is 4.51. The number of amides is 2. The number of carbonyl (C=O) groups is 1. The quantitative estimate of drug-likeness (QED) is 0.794. The number of hydrogen-bond acceptors (Lipinski definition) is 1. The first-order valence-electron chi connectivity index (χ1n) is 7.39. The summed E-state index contributed by atoms with van der Waals surface area (Å²) in [6.45, 7) is 12.0. The van der Waals surface area contributed by atoms with Gasteiger partial charge in [-0.2, -0.15) is 0 Å². The largest absolute Gasteiger partial charge is 0.338 e. The molecule has 0 aromatic heterocycles. The van der Waals surface area contributed by atoms with Crippen molar-refractivity contribution in [2.24, 2.45) is 17.3 Å². The van der Waals surface area contributed by atoms with Crippen LogP contribution in [0.4, 0.5) is 4.79 Å². The molecule has 0 bridgehead atoms. The molecular weight excluding hydrogens is 224 g/mol. The molecule has 1 rings (SSSR count). The van der Waals surface area contributed by atoms with Crippen LogP contribution in [0.15, 0.2) is 0 Å². The second-order valence-corrected chi connectivity index (χ2v) is 6.77. The molecule has 18 heavy (non-hydrogen) atoms. The average molecular weight is 254 g/mol. The van der Waals surface area contributed by atoms with Crippen LogP contribution < -0.4 is 10.6 Å². The lowest BCUT2D eigenvalue weighted by molar-refractivity contribution is 0.130. The maximum absolute atomic E-state index is 11.5. The maximum Gasteiger partial charge on any atom is 0.314 e. The molecule has 1 unspecified atom stereocenters. The Morgan fingerprint density at radius 2 is 1.78 bits per heavy atom. The Morgan fingerprint density at radius 1 is 1.22 bits per heavy atom. The molecule has 0 saturated heterocycles. The summed E-state index contributed by atoms with van der Waals surface area (Å²) in [7, 11) is 0. The molecule has 1 aliphatic rings. The molecule has 0 aliphatic heterocycles. The van der Waals surface area contributed by atoms with Crippen LogP contribution in [0, 0.1) is 17.3 Å². The van der Waals surface area contributed by atoms with Crippen molar-refractivity contribution in [2.45, 2.75) is 66.3 Å². The number of nitrogens with one attached hydrogen (secondary N) is 2. The predicted molar refractivity (Wildman–Crippen MR) is 76.6 cm³/mol. The monoisotopic (exact) mass is 254 g/mol. The molecule has 2 N–H and O–H groups in total. The molecular formula is C15H30N2O. The SMILES string of the molecule is CCNC(=O)N[C@H]1CC[C@H](C(C)C(C)(C)C)CC1. The zero-order chi connectivity index (χ0) is 13.8. The molecule has 1 aliphatic carbocycles. The summed E-state index contributed by atoms with van der Waals surface area (Å²) in [5, 5.41) is 5.87. The average Bonchev–Trinajstić information content (AvgIpc) is 2.28. The van der Waals surface area contributed by atoms with Gasteiger partial charge in [-0.15, -0.1) is 0 Å². The molecule has 1 atom stereocenters. The van der Waals surface area contributed by atoms with E-state index in [0.29, 0.717) is 18.0 Å². The number of carbonyl (C=O) groups excluding carboxylic acids is 1. The van der Waals surface area contributed by atoms with E-state index in [0.717, 1.165) is 24.7 Å². The second-order valence-electron chi connectivity index (χ2n) is 6.77. The number of hydrogen-bond donors (Lipinski definition) is 2. The predicted octanol–water partition coefficient (Wildman–Crippen LogP) is 3.55. The zero-order valence-electron chi connectivity index (χ0n) is 12.7. The smallest absolute Gasteiger partial charge is 0.314 e. The van der Waals surface area contributed by atoms with Crippen LogP contribution >= 0.6 is 0 Å². The van der Waals surface area contributed by atoms with Crippen molar-refractivity contribution in [3.8, 4) is 0 Å². The summed E-state index contributed by atoms with van der Waals surface area (Å²) in [6, 6.07) is 0.366. The summed E-state index contributed by atoms with van der Waals surface area (Å²) in [5.74, 6) is 1.57. The third-order valence-corrected chi connectivity index (χ3v) is 4.52. The van der Waals surface area contributed by atoms with Crippen molar-refractivity contribution in [3.63, 3.8) is 0 Å². The fourth-order valence-corrected chi connectivity index (χ4v) is 2.87. The molecule has 2 amide bonds. The van der Waals surface area contributed by atoms with Crippen molar-refractivity contribution >= 4 is 6.03 Å². The highest BCUT2D eigenvalue weighted by Gasteiger charge is 2.31. The van der Waals surface area contributed by atoms with Crippen molar-refractivity contribution in [3.05, 3.63) is 0 Å². The minimum absolute atomic E-state index is 0.00943. The van der Waals surface area contributed by atoms with Gasteiger partial charge in [0.15, 0.2) is 0 Å². The molecule has 0 aromatic rings. The van der Waals surface area contributed by atoms with E-state index in [-0.39, 0.29) is 6.03 Å². The van der Waals surface area contributed by atoms with Crippen LogP contribution in [-0.2, 0) is 0 Å². The second kappa shape index (κ2) is 6.44. The first-order chi connectivity index (χ1) is 8.34. The molecule has 1 fully saturated rings. The van der Waals surface area contributed by atoms with Gasteiger partial charge < -0.3 is 10.6 Å². The van der Waals surface area contributed by atoms with Crippen molar-refractivity contribution in [2.75, 3.05) is 6.54 Å². The molecule has 106 valence electrons. The Bertz CT molecular complexity index is 262. The minimum Gasteiger partial charge on any atom is -0.338 e. The minimum atomic E-state index is -0.00943. The lowest BCUT2D eigenvalue weighted by Gasteiger charge is -2.38. The molecule has 3 nitrogen and oxygen atoms in total. The van der Waals surface area contributed by atoms with E-state index in [1.54, 1.807) is 0 Å². The molecule has 1 saturated carbocycles. The number of rotatable bonds is 3. The van der Waals surface area contributed by atoms with Gasteiger partial charge in [0.25, 0.3) is 0 Å². The van der Waals surface area contributed by atoms with Crippen LogP contribution in [0.1, 0.15) is 60.3 Å². The van der Waals surface area contributed by atoms with Gasteiger partial charge in [-0.05, 0) is 49.9 Å². The fraction of sp³-hybridized carbons (Fsp3) is 0.933. The van der Waals surface area contributed by atoms with E-state index in [9.17, 15) is 4.79 Å². The van der Waals surface area contributed by atoms with Crippen molar-refractivity contribution < 1.29 is 4.79 Å². The van der Waals surface area contributed by atoms with E-state index < -0.39 is 0 Å². The summed E-state index contributed by atoms with van der Waals surface area (Å²) < 4.78 is 0. The molecule has 0 heterocycles. The Kier molecular flexibility index (Phi) is 5.48. The van der Waals surface area contributed by atoms with E-state index in [1.807, 2.05) is 6.92 Å². The van der Waals surface area contributed by atoms with Gasteiger partial charge in [0, 0.05) is 12.6 Å². The maximum atomic E-state index is 11.5.